The van der Waals surface area contributed by atoms with E-state index in [0.717, 1.165) is 45.4 Å². The number of hydrogen-bond donors (Lipinski definition) is 3. The summed E-state index contributed by atoms with van der Waals surface area (Å²) in [5, 5.41) is 17.4. The molecule has 7 heteroatoms. The van der Waals surface area contributed by atoms with Gasteiger partial charge in [0.05, 0.1) is 25.4 Å². The predicted octanol–water partition coefficient (Wildman–Crippen LogP) is 1.81. The number of aliphatic hydroxyl groups is 1. The summed E-state index contributed by atoms with van der Waals surface area (Å²) in [4.78, 5) is 9.52. The maximum atomic E-state index is 10.8. The molecule has 1 atom stereocenters. The van der Waals surface area contributed by atoms with Crippen LogP contribution in [0.5, 0.6) is 0 Å². The molecule has 3 rings (SSSR count). The first-order valence-corrected chi connectivity index (χ1v) is 11.9. The topological polar surface area (TPSA) is 72.4 Å². The molecule has 1 aromatic carbocycles. The largest absolute Gasteiger partial charge is 0.387 e. The van der Waals surface area contributed by atoms with Crippen molar-refractivity contribution in [1.82, 2.24) is 20.4 Å². The summed E-state index contributed by atoms with van der Waals surface area (Å²) in [5.41, 5.74) is 1.74. The number of benzene rings is 1. The highest BCUT2D eigenvalue weighted by Crippen LogP contribution is 2.14. The van der Waals surface area contributed by atoms with Crippen molar-refractivity contribution in [3.05, 3.63) is 35.4 Å². The Morgan fingerprint density at radius 1 is 1.00 bits per heavy atom. The number of rotatable bonds is 9. The number of nitrogens with zero attached hydrogens (tertiary/aromatic N) is 3. The third-order valence-electron chi connectivity index (χ3n) is 5.95. The van der Waals surface area contributed by atoms with Gasteiger partial charge in [0.15, 0.2) is 5.96 Å². The van der Waals surface area contributed by atoms with Gasteiger partial charge in [-0.15, -0.1) is 0 Å². The molecule has 2 aliphatic rings. The predicted molar refractivity (Wildman–Crippen MR) is 126 cm³/mol. The zero-order valence-corrected chi connectivity index (χ0v) is 19.4. The van der Waals surface area contributed by atoms with Gasteiger partial charge in [-0.2, -0.15) is 0 Å². The summed E-state index contributed by atoms with van der Waals surface area (Å²) in [6.45, 7) is 13.1. The Hall–Kier alpha value is -1.67. The highest BCUT2D eigenvalue weighted by molar-refractivity contribution is 5.79. The number of likely N-dealkylation sites (tertiary alicyclic amines) is 1. The molecule has 2 fully saturated rings. The zero-order chi connectivity index (χ0) is 21.9. The molecule has 174 valence electrons. The molecule has 0 bridgehead atoms. The molecule has 0 amide bonds. The summed E-state index contributed by atoms with van der Waals surface area (Å²) in [6.07, 6.45) is 4.02. The molecule has 7 nitrogen and oxygen atoms in total. The van der Waals surface area contributed by atoms with Crippen molar-refractivity contribution in [3.63, 3.8) is 0 Å². The first-order valence-electron chi connectivity index (χ1n) is 11.9. The summed E-state index contributed by atoms with van der Waals surface area (Å²) in [7, 11) is 0. The van der Waals surface area contributed by atoms with E-state index in [1.165, 1.54) is 43.5 Å². The monoisotopic (exact) mass is 431 g/mol. The fourth-order valence-corrected chi connectivity index (χ4v) is 4.21. The van der Waals surface area contributed by atoms with E-state index < -0.39 is 5.60 Å². The van der Waals surface area contributed by atoms with Crippen LogP contribution in [-0.4, -0.2) is 85.5 Å². The normalized spacial score (nSPS) is 20.9. The third-order valence-corrected chi connectivity index (χ3v) is 5.95. The Bertz CT molecular complexity index is 665. The highest BCUT2D eigenvalue weighted by Gasteiger charge is 2.25. The second kappa shape index (κ2) is 12.4. The molecule has 0 radical (unpaired) electrons. The third kappa shape index (κ3) is 8.77. The average molecular weight is 432 g/mol. The smallest absolute Gasteiger partial charge is 0.191 e. The van der Waals surface area contributed by atoms with Gasteiger partial charge >= 0.3 is 0 Å². The lowest BCUT2D eigenvalue weighted by Crippen LogP contribution is -2.52. The van der Waals surface area contributed by atoms with E-state index in [1.807, 2.05) is 6.92 Å². The minimum absolute atomic E-state index is 0.449. The van der Waals surface area contributed by atoms with Gasteiger partial charge < -0.3 is 20.5 Å². The Kier molecular flexibility index (Phi) is 9.58. The Balaban J connectivity index is 1.47. The average Bonchev–Trinajstić information content (AvgIpc) is 2.78. The summed E-state index contributed by atoms with van der Waals surface area (Å²) in [5.74, 6) is 0.738. The number of nitrogens with one attached hydrogen (secondary N) is 2. The van der Waals surface area contributed by atoms with Crippen LogP contribution in [0.15, 0.2) is 29.3 Å². The molecule has 0 aromatic heterocycles. The quantitative estimate of drug-likeness (QED) is 0.409. The van der Waals surface area contributed by atoms with Crippen LogP contribution in [0, 0.1) is 0 Å². The Morgan fingerprint density at radius 2 is 1.68 bits per heavy atom. The molecule has 3 N–H and O–H groups in total. The number of aliphatic imine (C=N–C) groups is 1. The lowest BCUT2D eigenvalue weighted by Gasteiger charge is -2.34. The zero-order valence-electron chi connectivity index (χ0n) is 19.4. The van der Waals surface area contributed by atoms with Crippen LogP contribution in [0.1, 0.15) is 44.2 Å². The fraction of sp³-hybridized carbons (Fsp3) is 0.708. The molecule has 2 heterocycles. The molecule has 1 aromatic rings. The van der Waals surface area contributed by atoms with Gasteiger partial charge in [-0.3, -0.25) is 9.80 Å². The molecule has 2 saturated heterocycles. The fourth-order valence-electron chi connectivity index (χ4n) is 4.21. The number of hydrogen-bond acceptors (Lipinski definition) is 5. The van der Waals surface area contributed by atoms with Crippen molar-refractivity contribution >= 4 is 5.96 Å². The minimum Gasteiger partial charge on any atom is -0.387 e. The van der Waals surface area contributed by atoms with Crippen LogP contribution < -0.4 is 10.6 Å². The lowest BCUT2D eigenvalue weighted by atomic mass is 10.1. The van der Waals surface area contributed by atoms with E-state index in [4.69, 9.17) is 9.73 Å². The van der Waals surface area contributed by atoms with Gasteiger partial charge in [-0.1, -0.05) is 30.7 Å². The van der Waals surface area contributed by atoms with Gasteiger partial charge in [-0.05, 0) is 50.9 Å². The molecule has 2 aliphatic heterocycles. The maximum absolute atomic E-state index is 10.8. The first kappa shape index (κ1) is 24.0. The molecule has 31 heavy (non-hydrogen) atoms. The summed E-state index contributed by atoms with van der Waals surface area (Å²) in [6, 6.07) is 8.82. The van der Waals surface area contributed by atoms with E-state index in [-0.39, 0.29) is 0 Å². The van der Waals surface area contributed by atoms with E-state index in [1.54, 1.807) is 0 Å². The van der Waals surface area contributed by atoms with Gasteiger partial charge in [-0.25, -0.2) is 4.99 Å². The molecule has 1 unspecified atom stereocenters. The van der Waals surface area contributed by atoms with Crippen molar-refractivity contribution < 1.29 is 9.84 Å². The molecule has 0 aliphatic carbocycles. The maximum Gasteiger partial charge on any atom is 0.191 e. The van der Waals surface area contributed by atoms with Crippen LogP contribution >= 0.6 is 0 Å². The SMILES string of the molecule is CCNC(=NCc1ccc(CN2CCCCC2)cc1)NCC(C)(O)CN1CCOCC1. The number of β-amino-alcohol motifs (C(OH)–C–C–N with tert-alkyl or cyclic N) is 1. The van der Waals surface area contributed by atoms with Crippen molar-refractivity contribution in [3.8, 4) is 0 Å². The van der Waals surface area contributed by atoms with Crippen LogP contribution in [0.2, 0.25) is 0 Å². The molecular formula is C24H41N5O2. The second-order valence-corrected chi connectivity index (χ2v) is 9.09. The van der Waals surface area contributed by atoms with E-state index in [2.05, 4.69) is 51.6 Å². The summed E-state index contributed by atoms with van der Waals surface area (Å²) >= 11 is 0. The van der Waals surface area contributed by atoms with Gasteiger partial charge in [0, 0.05) is 39.3 Å². The Morgan fingerprint density at radius 3 is 2.35 bits per heavy atom. The van der Waals surface area contributed by atoms with E-state index >= 15 is 0 Å². The van der Waals surface area contributed by atoms with Crippen molar-refractivity contribution in [2.45, 2.75) is 51.8 Å². The highest BCUT2D eigenvalue weighted by atomic mass is 16.5. The standard InChI is InChI=1S/C24H41N5O2/c1-3-25-23(27-19-24(2,30)20-29-13-15-31-16-14-29)26-17-21-7-9-22(10-8-21)18-28-11-5-4-6-12-28/h7-10,30H,3-6,11-20H2,1-2H3,(H2,25,26,27). The number of piperidine rings is 1. The summed E-state index contributed by atoms with van der Waals surface area (Å²) < 4.78 is 5.39. The number of guanidine groups is 1. The first-order chi connectivity index (χ1) is 15.0. The lowest BCUT2D eigenvalue weighted by molar-refractivity contribution is -0.0201. The Labute approximate surface area is 187 Å². The van der Waals surface area contributed by atoms with Crippen LogP contribution in [0.4, 0.5) is 0 Å². The van der Waals surface area contributed by atoms with Crippen LogP contribution in [0.3, 0.4) is 0 Å². The van der Waals surface area contributed by atoms with E-state index in [9.17, 15) is 5.11 Å². The molecular weight excluding hydrogens is 390 g/mol. The van der Waals surface area contributed by atoms with Crippen molar-refractivity contribution in [2.75, 3.05) is 59.0 Å². The van der Waals surface area contributed by atoms with Crippen molar-refractivity contribution in [2.24, 2.45) is 4.99 Å². The second-order valence-electron chi connectivity index (χ2n) is 9.09. The number of ether oxygens (including phenoxy) is 1. The van der Waals surface area contributed by atoms with Crippen LogP contribution in [0.25, 0.3) is 0 Å². The van der Waals surface area contributed by atoms with Gasteiger partial charge in [0.1, 0.15) is 0 Å². The van der Waals surface area contributed by atoms with E-state index in [0.29, 0.717) is 19.6 Å². The van der Waals surface area contributed by atoms with Gasteiger partial charge in [0.25, 0.3) is 0 Å². The number of morpholine rings is 1. The van der Waals surface area contributed by atoms with Crippen molar-refractivity contribution in [1.29, 1.82) is 0 Å². The molecule has 0 spiro atoms. The van der Waals surface area contributed by atoms with Gasteiger partial charge in [0.2, 0.25) is 0 Å². The van der Waals surface area contributed by atoms with Crippen LogP contribution in [-0.2, 0) is 17.8 Å². The molecule has 0 saturated carbocycles. The minimum atomic E-state index is -0.830.